The van der Waals surface area contributed by atoms with E-state index < -0.39 is 0 Å². The van der Waals surface area contributed by atoms with Crippen LogP contribution < -0.4 is 10.3 Å². The van der Waals surface area contributed by atoms with Gasteiger partial charge >= 0.3 is 0 Å². The van der Waals surface area contributed by atoms with Gasteiger partial charge in [-0.1, -0.05) is 42.5 Å². The maximum Gasteiger partial charge on any atom is 0.262 e. The Bertz CT molecular complexity index is 1410. The summed E-state index contributed by atoms with van der Waals surface area (Å²) in [5.41, 5.74) is 3.18. The van der Waals surface area contributed by atoms with Gasteiger partial charge in [0.25, 0.3) is 5.56 Å². The number of methoxy groups -OCH3 is 1. The fourth-order valence-corrected chi connectivity index (χ4v) is 5.44. The van der Waals surface area contributed by atoms with Crippen molar-refractivity contribution in [3.8, 4) is 5.75 Å². The number of aromatic nitrogens is 2. The molecule has 7 heteroatoms. The molecule has 0 saturated carbocycles. The second-order valence-corrected chi connectivity index (χ2v) is 9.36. The lowest BCUT2D eigenvalue weighted by molar-refractivity contribution is -0.126. The van der Waals surface area contributed by atoms with Gasteiger partial charge in [0.2, 0.25) is 5.91 Å². The van der Waals surface area contributed by atoms with Gasteiger partial charge in [-0.3, -0.25) is 14.2 Å². The molecule has 0 radical (unpaired) electrons. The zero-order valence-electron chi connectivity index (χ0n) is 18.9. The molecule has 34 heavy (non-hydrogen) atoms. The molecule has 2 aromatic carbocycles. The van der Waals surface area contributed by atoms with Crippen LogP contribution >= 0.6 is 11.3 Å². The highest BCUT2D eigenvalue weighted by Gasteiger charge is 2.25. The van der Waals surface area contributed by atoms with Gasteiger partial charge in [-0.25, -0.2) is 4.98 Å². The van der Waals surface area contributed by atoms with Crippen LogP contribution in [0.15, 0.2) is 71.8 Å². The molecular formula is C27H25N3O3S. The molecule has 0 bridgehead atoms. The van der Waals surface area contributed by atoms with Gasteiger partial charge < -0.3 is 9.64 Å². The third kappa shape index (κ3) is 4.52. The van der Waals surface area contributed by atoms with Gasteiger partial charge in [0.1, 0.15) is 10.6 Å². The quantitative estimate of drug-likeness (QED) is 0.393. The topological polar surface area (TPSA) is 64.4 Å². The van der Waals surface area contributed by atoms with Crippen molar-refractivity contribution in [1.82, 2.24) is 14.5 Å². The number of thiophene rings is 1. The van der Waals surface area contributed by atoms with Gasteiger partial charge in [0.05, 0.1) is 25.4 Å². The van der Waals surface area contributed by atoms with E-state index in [9.17, 15) is 9.59 Å². The molecule has 0 saturated heterocycles. The lowest BCUT2D eigenvalue weighted by Gasteiger charge is -2.25. The van der Waals surface area contributed by atoms with Crippen molar-refractivity contribution in [2.24, 2.45) is 0 Å². The molecule has 1 aliphatic heterocycles. The fraction of sp³-hybridized carbons (Fsp3) is 0.222. The van der Waals surface area contributed by atoms with Crippen LogP contribution in [0.1, 0.15) is 21.6 Å². The predicted octanol–water partition coefficient (Wildman–Crippen LogP) is 4.31. The van der Waals surface area contributed by atoms with Crippen molar-refractivity contribution < 1.29 is 9.53 Å². The number of rotatable bonds is 6. The van der Waals surface area contributed by atoms with Crippen LogP contribution in [0.25, 0.3) is 16.3 Å². The molecule has 3 heterocycles. The Hall–Kier alpha value is -3.71. The average molecular weight is 472 g/mol. The minimum Gasteiger partial charge on any atom is -0.497 e. The van der Waals surface area contributed by atoms with E-state index in [4.69, 9.17) is 4.74 Å². The van der Waals surface area contributed by atoms with Crippen LogP contribution in [0.3, 0.4) is 0 Å². The van der Waals surface area contributed by atoms with E-state index in [0.717, 1.165) is 38.6 Å². The second-order valence-electron chi connectivity index (χ2n) is 8.28. The van der Waals surface area contributed by atoms with Gasteiger partial charge in [-0.2, -0.15) is 0 Å². The van der Waals surface area contributed by atoms with Crippen LogP contribution in [0.4, 0.5) is 0 Å². The summed E-state index contributed by atoms with van der Waals surface area (Å²) in [7, 11) is 1.65. The number of nitrogens with zero attached hydrogens (tertiary/aromatic N) is 3. The Labute approximate surface area is 201 Å². The van der Waals surface area contributed by atoms with Gasteiger partial charge in [-0.05, 0) is 47.7 Å². The van der Waals surface area contributed by atoms with Crippen molar-refractivity contribution in [2.45, 2.75) is 25.9 Å². The first-order valence-corrected chi connectivity index (χ1v) is 12.1. The van der Waals surface area contributed by atoms with Crippen LogP contribution in [0.5, 0.6) is 5.75 Å². The monoisotopic (exact) mass is 471 g/mol. The summed E-state index contributed by atoms with van der Waals surface area (Å²) in [6.45, 7) is 1.67. The van der Waals surface area contributed by atoms with Gasteiger partial charge in [0, 0.05) is 24.0 Å². The number of aryl methyl sites for hydroxylation is 2. The first-order valence-electron chi connectivity index (χ1n) is 11.3. The summed E-state index contributed by atoms with van der Waals surface area (Å²) in [4.78, 5) is 34.2. The van der Waals surface area contributed by atoms with Crippen LogP contribution in [-0.4, -0.2) is 34.0 Å². The molecule has 5 rings (SSSR count). The summed E-state index contributed by atoms with van der Waals surface area (Å²) in [5.74, 6) is 0.800. The molecule has 1 aliphatic rings. The van der Waals surface area contributed by atoms with Gasteiger partial charge in [-0.15, -0.1) is 11.3 Å². The van der Waals surface area contributed by atoms with Crippen molar-refractivity contribution in [3.05, 3.63) is 98.9 Å². The van der Waals surface area contributed by atoms with Crippen LogP contribution in [0.2, 0.25) is 0 Å². The summed E-state index contributed by atoms with van der Waals surface area (Å²) >= 11 is 1.52. The number of hydrogen-bond acceptors (Lipinski definition) is 5. The molecule has 0 unspecified atom stereocenters. The van der Waals surface area contributed by atoms with E-state index in [1.807, 2.05) is 65.6 Å². The normalized spacial score (nSPS) is 13.4. The first-order chi connectivity index (χ1) is 16.6. The summed E-state index contributed by atoms with van der Waals surface area (Å²) in [5, 5.41) is 0.712. The molecule has 0 aliphatic carbocycles. The molecule has 0 spiro atoms. The highest BCUT2D eigenvalue weighted by atomic mass is 32.1. The van der Waals surface area contributed by atoms with Crippen LogP contribution in [-0.2, 0) is 30.7 Å². The van der Waals surface area contributed by atoms with Crippen molar-refractivity contribution in [1.29, 1.82) is 0 Å². The van der Waals surface area contributed by atoms with E-state index in [0.29, 0.717) is 31.4 Å². The molecule has 0 atom stereocenters. The lowest BCUT2D eigenvalue weighted by atomic mass is 10.1. The smallest absolute Gasteiger partial charge is 0.262 e. The van der Waals surface area contributed by atoms with Crippen molar-refractivity contribution in [2.75, 3.05) is 13.7 Å². The summed E-state index contributed by atoms with van der Waals surface area (Å²) in [6, 6.07) is 17.7. The second kappa shape index (κ2) is 9.65. The summed E-state index contributed by atoms with van der Waals surface area (Å²) in [6.07, 6.45) is 6.50. The average Bonchev–Trinajstić information content (AvgIpc) is 3.26. The standard InChI is InChI=1S/C27H25N3O3S/c1-33-21-10-7-20(8-11-21)13-15-30-18-28-26-25(27(30)32)22-14-16-29(17-23(22)34-26)24(31)12-9-19-5-3-2-4-6-19/h2-12,18H,13-17H2,1H3/b12-9+. The molecule has 4 aromatic rings. The Morgan fingerprint density at radius 3 is 2.71 bits per heavy atom. The zero-order chi connectivity index (χ0) is 23.5. The largest absolute Gasteiger partial charge is 0.497 e. The molecule has 172 valence electrons. The Balaban J connectivity index is 1.32. The highest BCUT2D eigenvalue weighted by Crippen LogP contribution is 2.32. The number of carbonyl (C=O) groups is 1. The molecule has 0 N–H and O–H groups in total. The highest BCUT2D eigenvalue weighted by molar-refractivity contribution is 7.18. The van der Waals surface area contributed by atoms with E-state index in [1.165, 1.54) is 11.3 Å². The summed E-state index contributed by atoms with van der Waals surface area (Å²) < 4.78 is 6.90. The van der Waals surface area contributed by atoms with Crippen molar-refractivity contribution >= 4 is 33.5 Å². The molecule has 6 nitrogen and oxygen atoms in total. The zero-order valence-corrected chi connectivity index (χ0v) is 19.8. The number of carbonyl (C=O) groups excluding carboxylic acids is 1. The number of benzene rings is 2. The molecular weight excluding hydrogens is 446 g/mol. The molecule has 2 aromatic heterocycles. The van der Waals surface area contributed by atoms with Crippen molar-refractivity contribution in [3.63, 3.8) is 0 Å². The predicted molar refractivity (Wildman–Crippen MR) is 135 cm³/mol. The fourth-order valence-electron chi connectivity index (χ4n) is 4.24. The third-order valence-electron chi connectivity index (χ3n) is 6.16. The number of hydrogen-bond donors (Lipinski definition) is 0. The maximum absolute atomic E-state index is 13.3. The Morgan fingerprint density at radius 1 is 1.15 bits per heavy atom. The van der Waals surface area contributed by atoms with Gasteiger partial charge in [0.15, 0.2) is 0 Å². The van der Waals surface area contributed by atoms with E-state index in [-0.39, 0.29) is 11.5 Å². The maximum atomic E-state index is 13.3. The van der Waals surface area contributed by atoms with E-state index in [2.05, 4.69) is 4.98 Å². The third-order valence-corrected chi connectivity index (χ3v) is 7.28. The number of fused-ring (bicyclic) bond motifs is 3. The number of amides is 1. The molecule has 1 amide bonds. The Morgan fingerprint density at radius 2 is 1.94 bits per heavy atom. The number of ether oxygens (including phenoxy) is 1. The lowest BCUT2D eigenvalue weighted by Crippen LogP contribution is -2.34. The minimum absolute atomic E-state index is 0.000221. The SMILES string of the molecule is COc1ccc(CCn2cnc3sc4c(c3c2=O)CCN(C(=O)/C=C/c2ccccc2)C4)cc1. The van der Waals surface area contributed by atoms with Crippen LogP contribution in [0, 0.1) is 0 Å². The first kappa shape index (κ1) is 22.1. The van der Waals surface area contributed by atoms with E-state index in [1.54, 1.807) is 24.1 Å². The van der Waals surface area contributed by atoms with E-state index >= 15 is 0 Å². The molecule has 0 fully saturated rings. The Kier molecular flexibility index (Phi) is 6.27. The minimum atomic E-state index is -0.0168.